The molecule has 1 N–H and O–H groups in total. The van der Waals surface area contributed by atoms with Crippen LogP contribution in [0.25, 0.3) is 0 Å². The third-order valence-corrected chi connectivity index (χ3v) is 5.24. The smallest absolute Gasteiger partial charge is 0.0673 e. The first-order valence-electron chi connectivity index (χ1n) is 7.41. The van der Waals surface area contributed by atoms with E-state index in [0.717, 1.165) is 13.0 Å². The minimum atomic E-state index is 0.326. The van der Waals surface area contributed by atoms with Crippen LogP contribution in [0.2, 0.25) is 0 Å². The first-order chi connectivity index (χ1) is 9.54. The summed E-state index contributed by atoms with van der Waals surface area (Å²) >= 11 is 1.92. The largest absolute Gasteiger partial charge is 0.306 e. The van der Waals surface area contributed by atoms with Gasteiger partial charge in [0.05, 0.1) is 6.04 Å². The van der Waals surface area contributed by atoms with Crippen LogP contribution in [0.1, 0.15) is 51.4 Å². The molecule has 0 aliphatic rings. The van der Waals surface area contributed by atoms with Crippen molar-refractivity contribution in [1.29, 1.82) is 0 Å². The van der Waals surface area contributed by atoms with Crippen LogP contribution in [0.3, 0.4) is 0 Å². The van der Waals surface area contributed by atoms with E-state index in [2.05, 4.69) is 64.2 Å². The quantitative estimate of drug-likeness (QED) is 0.809. The van der Waals surface area contributed by atoms with Gasteiger partial charge in [0, 0.05) is 9.75 Å². The van der Waals surface area contributed by atoms with Crippen molar-refractivity contribution in [1.82, 2.24) is 5.32 Å². The van der Waals surface area contributed by atoms with Gasteiger partial charge in [0.1, 0.15) is 0 Å². The first-order valence-corrected chi connectivity index (χ1v) is 8.22. The van der Waals surface area contributed by atoms with Crippen LogP contribution in [0.4, 0.5) is 0 Å². The summed E-state index contributed by atoms with van der Waals surface area (Å²) in [6.07, 6.45) is 1.16. The number of nitrogens with one attached hydrogen (secondary N) is 1. The van der Waals surface area contributed by atoms with Crippen molar-refractivity contribution >= 4 is 11.3 Å². The van der Waals surface area contributed by atoms with Crippen molar-refractivity contribution in [2.24, 2.45) is 0 Å². The lowest BCUT2D eigenvalue weighted by Gasteiger charge is -2.21. The fourth-order valence-electron chi connectivity index (χ4n) is 2.48. The van der Waals surface area contributed by atoms with Crippen LogP contribution in [-0.2, 0) is 0 Å². The number of thiophene rings is 1. The van der Waals surface area contributed by atoms with Crippen molar-refractivity contribution in [3.8, 4) is 0 Å². The van der Waals surface area contributed by atoms with Crippen molar-refractivity contribution in [3.63, 3.8) is 0 Å². The molecule has 2 aromatic rings. The molecule has 0 spiro atoms. The highest BCUT2D eigenvalue weighted by Crippen LogP contribution is 2.33. The molecule has 0 saturated heterocycles. The van der Waals surface area contributed by atoms with Gasteiger partial charge in [0.2, 0.25) is 0 Å². The van der Waals surface area contributed by atoms with E-state index >= 15 is 0 Å². The Kier molecular flexibility index (Phi) is 5.00. The summed E-state index contributed by atoms with van der Waals surface area (Å²) in [4.78, 5) is 2.86. The van der Waals surface area contributed by atoms with Crippen molar-refractivity contribution < 1.29 is 0 Å². The van der Waals surface area contributed by atoms with Crippen LogP contribution < -0.4 is 5.32 Å². The zero-order chi connectivity index (χ0) is 14.7. The molecule has 0 aliphatic heterocycles. The highest BCUT2D eigenvalue weighted by Gasteiger charge is 2.18. The Bertz CT molecular complexity index is 564. The Morgan fingerprint density at radius 3 is 2.45 bits per heavy atom. The second kappa shape index (κ2) is 6.55. The Hall–Kier alpha value is -1.12. The van der Waals surface area contributed by atoms with Crippen LogP contribution in [0.5, 0.6) is 0 Å². The van der Waals surface area contributed by atoms with Crippen LogP contribution in [0.15, 0.2) is 24.3 Å². The Balaban J connectivity index is 2.44. The van der Waals surface area contributed by atoms with E-state index in [-0.39, 0.29) is 0 Å². The third kappa shape index (κ3) is 3.13. The van der Waals surface area contributed by atoms with Gasteiger partial charge in [-0.3, -0.25) is 0 Å². The Morgan fingerprint density at radius 1 is 1.10 bits per heavy atom. The van der Waals surface area contributed by atoms with E-state index < -0.39 is 0 Å². The van der Waals surface area contributed by atoms with Gasteiger partial charge in [-0.2, -0.15) is 0 Å². The number of rotatable bonds is 5. The maximum atomic E-state index is 3.72. The standard InChI is InChI=1S/C18H25NS/c1-6-10-19-18(17-11-13(3)15(5)20-17)16-9-7-8-12(2)14(16)4/h7-9,11,18-19H,6,10H2,1-5H3. The van der Waals surface area contributed by atoms with Crippen LogP contribution in [-0.4, -0.2) is 6.54 Å². The van der Waals surface area contributed by atoms with Gasteiger partial charge < -0.3 is 5.32 Å². The molecule has 0 amide bonds. The number of benzene rings is 1. The van der Waals surface area contributed by atoms with Crippen molar-refractivity contribution in [2.75, 3.05) is 6.54 Å². The zero-order valence-electron chi connectivity index (χ0n) is 13.2. The normalized spacial score (nSPS) is 12.7. The summed E-state index contributed by atoms with van der Waals surface area (Å²) < 4.78 is 0. The second-order valence-corrected chi connectivity index (χ2v) is 6.85. The fourth-order valence-corrected chi connectivity index (χ4v) is 3.62. The van der Waals surface area contributed by atoms with Crippen LogP contribution in [0, 0.1) is 27.7 Å². The molecule has 2 heteroatoms. The van der Waals surface area contributed by atoms with E-state index in [0.29, 0.717) is 6.04 Å². The van der Waals surface area contributed by atoms with Gasteiger partial charge >= 0.3 is 0 Å². The molecule has 0 fully saturated rings. The molecule has 1 nitrogen and oxygen atoms in total. The number of hydrogen-bond acceptors (Lipinski definition) is 2. The maximum absolute atomic E-state index is 3.72. The van der Waals surface area contributed by atoms with E-state index in [1.54, 1.807) is 0 Å². The Labute approximate surface area is 127 Å². The summed E-state index contributed by atoms with van der Waals surface area (Å²) in [5, 5.41) is 3.72. The summed E-state index contributed by atoms with van der Waals surface area (Å²) in [5.41, 5.74) is 5.60. The lowest BCUT2D eigenvalue weighted by atomic mass is 9.96. The lowest BCUT2D eigenvalue weighted by Crippen LogP contribution is -2.23. The van der Waals surface area contributed by atoms with E-state index in [9.17, 15) is 0 Å². The molecule has 108 valence electrons. The zero-order valence-corrected chi connectivity index (χ0v) is 14.0. The summed E-state index contributed by atoms with van der Waals surface area (Å²) in [7, 11) is 0. The predicted octanol–water partition coefficient (Wildman–Crippen LogP) is 5.07. The summed E-state index contributed by atoms with van der Waals surface area (Å²) in [6.45, 7) is 12.1. The minimum absolute atomic E-state index is 0.326. The fraction of sp³-hybridized carbons (Fsp3) is 0.444. The molecule has 1 aromatic carbocycles. The number of aryl methyl sites for hydroxylation is 3. The highest BCUT2D eigenvalue weighted by molar-refractivity contribution is 7.12. The number of hydrogen-bond donors (Lipinski definition) is 1. The van der Waals surface area contributed by atoms with E-state index in [1.807, 2.05) is 11.3 Å². The average molecular weight is 287 g/mol. The molecule has 1 atom stereocenters. The van der Waals surface area contributed by atoms with Gasteiger partial charge in [-0.15, -0.1) is 11.3 Å². The molecule has 2 rings (SSSR count). The summed E-state index contributed by atoms with van der Waals surface area (Å²) in [6, 6.07) is 9.30. The molecule has 1 heterocycles. The predicted molar refractivity (Wildman–Crippen MR) is 89.8 cm³/mol. The average Bonchev–Trinajstić information content (AvgIpc) is 2.74. The van der Waals surface area contributed by atoms with Gasteiger partial charge in [0.15, 0.2) is 0 Å². The molecule has 0 radical (unpaired) electrons. The van der Waals surface area contributed by atoms with E-state index in [1.165, 1.54) is 32.0 Å². The maximum Gasteiger partial charge on any atom is 0.0673 e. The van der Waals surface area contributed by atoms with Crippen molar-refractivity contribution in [2.45, 2.75) is 47.1 Å². The van der Waals surface area contributed by atoms with E-state index in [4.69, 9.17) is 0 Å². The Morgan fingerprint density at radius 2 is 1.85 bits per heavy atom. The molecule has 0 bridgehead atoms. The molecule has 1 unspecified atom stereocenters. The van der Waals surface area contributed by atoms with Gasteiger partial charge in [-0.1, -0.05) is 25.1 Å². The van der Waals surface area contributed by atoms with Gasteiger partial charge in [-0.25, -0.2) is 0 Å². The summed E-state index contributed by atoms with van der Waals surface area (Å²) in [5.74, 6) is 0. The first kappa shape index (κ1) is 15.3. The molecule has 0 saturated carbocycles. The molecule has 1 aromatic heterocycles. The minimum Gasteiger partial charge on any atom is -0.306 e. The molecule has 0 aliphatic carbocycles. The molecular formula is C18H25NS. The molecule has 20 heavy (non-hydrogen) atoms. The molecular weight excluding hydrogens is 262 g/mol. The SMILES string of the molecule is CCCNC(c1cc(C)c(C)s1)c1cccc(C)c1C. The third-order valence-electron chi connectivity index (χ3n) is 4.03. The topological polar surface area (TPSA) is 12.0 Å². The van der Waals surface area contributed by atoms with Gasteiger partial charge in [0.25, 0.3) is 0 Å². The van der Waals surface area contributed by atoms with Crippen molar-refractivity contribution in [3.05, 3.63) is 56.3 Å². The van der Waals surface area contributed by atoms with Gasteiger partial charge in [-0.05, 0) is 69.0 Å². The monoisotopic (exact) mass is 287 g/mol. The highest BCUT2D eigenvalue weighted by atomic mass is 32.1. The van der Waals surface area contributed by atoms with Crippen LogP contribution >= 0.6 is 11.3 Å². The second-order valence-electron chi connectivity index (χ2n) is 5.56. The lowest BCUT2D eigenvalue weighted by molar-refractivity contribution is 0.603.